The lowest BCUT2D eigenvalue weighted by Crippen LogP contribution is -2.41. The molecule has 0 rings (SSSR count). The molecular formula is C8H16N6O3S. The number of nitrogens with two attached hydrogens (primary N) is 2. The minimum absolute atomic E-state index is 0.132. The summed E-state index contributed by atoms with van der Waals surface area (Å²) in [6, 6.07) is -0.619. The van der Waals surface area contributed by atoms with Crippen molar-refractivity contribution in [2.75, 3.05) is 26.0 Å². The Balaban J connectivity index is 3.80. The van der Waals surface area contributed by atoms with Crippen LogP contribution in [0.3, 0.4) is 0 Å². The third kappa shape index (κ3) is 9.42. The van der Waals surface area contributed by atoms with E-state index in [4.69, 9.17) is 21.6 Å². The lowest BCUT2D eigenvalue weighted by atomic mass is 10.6. The normalized spacial score (nSPS) is 9.39. The molecule has 3 amide bonds. The fraction of sp³-hybridized carbons (Fsp3) is 0.500. The van der Waals surface area contributed by atoms with E-state index in [1.807, 2.05) is 0 Å². The van der Waals surface area contributed by atoms with Crippen molar-refractivity contribution in [3.63, 3.8) is 0 Å². The van der Waals surface area contributed by atoms with E-state index in [0.29, 0.717) is 13.2 Å². The molecule has 7 N–H and O–H groups in total. The number of urea groups is 1. The second-order valence-electron chi connectivity index (χ2n) is 2.93. The number of hydrogen-bond acceptors (Lipinski definition) is 5. The number of hydrogen-bond donors (Lipinski definition) is 5. The second-order valence-corrected chi connectivity index (χ2v) is 3.89. The van der Waals surface area contributed by atoms with Gasteiger partial charge in [0, 0.05) is 13.7 Å². The Morgan fingerprint density at radius 1 is 1.44 bits per heavy atom. The van der Waals surface area contributed by atoms with Crippen LogP contribution in [-0.2, 0) is 9.53 Å². The second kappa shape index (κ2) is 9.24. The summed E-state index contributed by atoms with van der Waals surface area (Å²) in [7, 11) is 1.50. The highest BCUT2D eigenvalue weighted by Crippen LogP contribution is 2.02. The Labute approximate surface area is 108 Å². The van der Waals surface area contributed by atoms with Gasteiger partial charge in [0.1, 0.15) is 0 Å². The van der Waals surface area contributed by atoms with E-state index in [0.717, 1.165) is 11.8 Å². The van der Waals surface area contributed by atoms with Crippen LogP contribution in [0.4, 0.5) is 4.79 Å². The molecular weight excluding hydrogens is 260 g/mol. The van der Waals surface area contributed by atoms with Crippen LogP contribution in [-0.4, -0.2) is 49.1 Å². The molecule has 18 heavy (non-hydrogen) atoms. The van der Waals surface area contributed by atoms with Crippen molar-refractivity contribution in [3.05, 3.63) is 0 Å². The zero-order valence-corrected chi connectivity index (χ0v) is 10.7. The number of rotatable bonds is 5. The van der Waals surface area contributed by atoms with Gasteiger partial charge in [-0.25, -0.2) is 4.79 Å². The largest absolute Gasteiger partial charge is 0.383 e. The zero-order chi connectivity index (χ0) is 14.0. The molecule has 0 aliphatic carbocycles. The van der Waals surface area contributed by atoms with Crippen LogP contribution < -0.4 is 22.1 Å². The molecule has 0 aliphatic rings. The van der Waals surface area contributed by atoms with Crippen LogP contribution in [0.2, 0.25) is 0 Å². The van der Waals surface area contributed by atoms with Crippen molar-refractivity contribution >= 4 is 34.8 Å². The van der Waals surface area contributed by atoms with Crippen molar-refractivity contribution < 1.29 is 14.3 Å². The predicted molar refractivity (Wildman–Crippen MR) is 69.4 cm³/mol. The maximum atomic E-state index is 11.2. The summed E-state index contributed by atoms with van der Waals surface area (Å²) in [5.41, 5.74) is 10.1. The molecule has 9 nitrogen and oxygen atoms in total. The summed E-state index contributed by atoms with van der Waals surface area (Å²) >= 11 is 0.802. The van der Waals surface area contributed by atoms with E-state index < -0.39 is 11.9 Å². The summed E-state index contributed by atoms with van der Waals surface area (Å²) in [5, 5.41) is 11.5. The number of carbonyl (C=O) groups is 2. The Morgan fingerprint density at radius 2 is 2.11 bits per heavy atom. The van der Waals surface area contributed by atoms with Gasteiger partial charge in [-0.1, -0.05) is 11.8 Å². The van der Waals surface area contributed by atoms with Gasteiger partial charge in [-0.2, -0.15) is 4.99 Å². The smallest absolute Gasteiger partial charge is 0.321 e. The third-order valence-electron chi connectivity index (χ3n) is 1.42. The van der Waals surface area contributed by atoms with Gasteiger partial charge in [0.2, 0.25) is 5.91 Å². The van der Waals surface area contributed by atoms with Gasteiger partial charge < -0.3 is 21.5 Å². The number of amidine groups is 1. The first-order chi connectivity index (χ1) is 8.45. The van der Waals surface area contributed by atoms with Gasteiger partial charge in [0.25, 0.3) is 0 Å². The van der Waals surface area contributed by atoms with E-state index >= 15 is 0 Å². The molecule has 0 atom stereocenters. The molecule has 0 aromatic heterocycles. The summed E-state index contributed by atoms with van der Waals surface area (Å²) < 4.78 is 4.72. The molecule has 0 fully saturated rings. The van der Waals surface area contributed by atoms with Crippen LogP contribution >= 0.6 is 11.8 Å². The highest BCUT2D eigenvalue weighted by Gasteiger charge is 2.08. The van der Waals surface area contributed by atoms with Crippen LogP contribution in [0.25, 0.3) is 0 Å². The topological polar surface area (TPSA) is 156 Å². The summed E-state index contributed by atoms with van der Waals surface area (Å²) in [6.07, 6.45) is 0. The van der Waals surface area contributed by atoms with E-state index in [1.54, 1.807) is 0 Å². The maximum Gasteiger partial charge on any atom is 0.321 e. The number of carbonyl (C=O) groups excluding carboxylic acids is 2. The van der Waals surface area contributed by atoms with Crippen molar-refractivity contribution in [3.8, 4) is 0 Å². The summed E-state index contributed by atoms with van der Waals surface area (Å²) in [4.78, 5) is 25.8. The molecule has 0 saturated heterocycles. The number of aliphatic imine (C=N–C) groups is 1. The third-order valence-corrected chi connectivity index (χ3v) is 2.19. The van der Waals surface area contributed by atoms with Crippen LogP contribution in [0.5, 0.6) is 0 Å². The lowest BCUT2D eigenvalue weighted by Gasteiger charge is -2.05. The molecule has 0 bridgehead atoms. The molecule has 0 unspecified atom stereocenters. The van der Waals surface area contributed by atoms with E-state index in [-0.39, 0.29) is 16.9 Å². The summed E-state index contributed by atoms with van der Waals surface area (Å²) in [6.45, 7) is 0.651. The quantitative estimate of drug-likeness (QED) is 0.231. The van der Waals surface area contributed by atoms with Crippen molar-refractivity contribution in [1.29, 1.82) is 5.41 Å². The first-order valence-corrected chi connectivity index (χ1v) is 5.82. The maximum absolute atomic E-state index is 11.2. The number of methoxy groups -OCH3 is 1. The number of nitrogens with one attached hydrogen (secondary N) is 3. The fourth-order valence-corrected chi connectivity index (χ4v) is 1.27. The SMILES string of the molecule is COCCNC(=O)NC(=O)CSC(=N)N=C(N)N. The number of guanidine groups is 1. The van der Waals surface area contributed by atoms with Crippen molar-refractivity contribution in [2.45, 2.75) is 0 Å². The number of imide groups is 1. The van der Waals surface area contributed by atoms with E-state index in [9.17, 15) is 9.59 Å². The average molecular weight is 276 g/mol. The van der Waals surface area contributed by atoms with Gasteiger partial charge in [0.15, 0.2) is 11.1 Å². The lowest BCUT2D eigenvalue weighted by molar-refractivity contribution is -0.117. The Hall–Kier alpha value is -1.81. The molecule has 0 spiro atoms. The van der Waals surface area contributed by atoms with Crippen molar-refractivity contribution in [2.24, 2.45) is 16.5 Å². The van der Waals surface area contributed by atoms with Gasteiger partial charge in [-0.15, -0.1) is 0 Å². The van der Waals surface area contributed by atoms with Crippen LogP contribution in [0.15, 0.2) is 4.99 Å². The van der Waals surface area contributed by atoms with Crippen LogP contribution in [0, 0.1) is 5.41 Å². The van der Waals surface area contributed by atoms with Gasteiger partial charge in [-0.3, -0.25) is 15.5 Å². The van der Waals surface area contributed by atoms with Crippen molar-refractivity contribution in [1.82, 2.24) is 10.6 Å². The number of thioether (sulfide) groups is 1. The van der Waals surface area contributed by atoms with E-state index in [1.165, 1.54) is 7.11 Å². The molecule has 0 aliphatic heterocycles. The Bertz CT molecular complexity index is 342. The van der Waals surface area contributed by atoms with Gasteiger partial charge in [-0.05, 0) is 0 Å². The molecule has 0 saturated carbocycles. The van der Waals surface area contributed by atoms with Crippen LogP contribution in [0.1, 0.15) is 0 Å². The van der Waals surface area contributed by atoms with E-state index in [2.05, 4.69) is 15.6 Å². The predicted octanol–water partition coefficient (Wildman–Crippen LogP) is -1.60. The van der Waals surface area contributed by atoms with Gasteiger partial charge >= 0.3 is 6.03 Å². The standard InChI is InChI=1S/C8H16N6O3S/c1-17-3-2-12-8(16)13-5(15)4-18-7(11)14-6(9)10/h2-4H2,1H3,(H5,9,10,11,14)(H2,12,13,15,16). The number of ether oxygens (including phenoxy) is 1. The molecule has 0 aromatic rings. The average Bonchev–Trinajstić information content (AvgIpc) is 2.26. The first-order valence-electron chi connectivity index (χ1n) is 4.83. The molecule has 102 valence electrons. The molecule has 0 aromatic carbocycles. The Morgan fingerprint density at radius 3 is 2.67 bits per heavy atom. The highest BCUT2D eigenvalue weighted by molar-refractivity contribution is 8.14. The molecule has 0 heterocycles. The minimum Gasteiger partial charge on any atom is -0.383 e. The monoisotopic (exact) mass is 276 g/mol. The Kier molecular flexibility index (Phi) is 8.31. The molecule has 10 heteroatoms. The highest BCUT2D eigenvalue weighted by atomic mass is 32.2. The zero-order valence-electron chi connectivity index (χ0n) is 9.86. The summed E-state index contributed by atoms with van der Waals surface area (Å²) in [5.74, 6) is -0.941. The number of amides is 3. The number of nitrogens with zero attached hydrogens (tertiary/aromatic N) is 1. The minimum atomic E-state index is -0.619. The fourth-order valence-electron chi connectivity index (χ4n) is 0.757. The first kappa shape index (κ1) is 16.2. The van der Waals surface area contributed by atoms with Gasteiger partial charge in [0.05, 0.1) is 12.4 Å². The molecule has 0 radical (unpaired) electrons.